The first-order valence-electron chi connectivity index (χ1n) is 8.31. The van der Waals surface area contributed by atoms with Gasteiger partial charge in [-0.1, -0.05) is 24.3 Å². The second-order valence-corrected chi connectivity index (χ2v) is 5.74. The molecule has 0 aliphatic heterocycles. The summed E-state index contributed by atoms with van der Waals surface area (Å²) in [4.78, 5) is 9.17. The molecule has 2 heterocycles. The van der Waals surface area contributed by atoms with Gasteiger partial charge < -0.3 is 4.74 Å². The van der Waals surface area contributed by atoms with E-state index in [0.717, 1.165) is 41.0 Å². The third-order valence-corrected chi connectivity index (χ3v) is 3.94. The van der Waals surface area contributed by atoms with Gasteiger partial charge in [0, 0.05) is 30.9 Å². The number of rotatable bonds is 6. The molecule has 0 spiro atoms. The van der Waals surface area contributed by atoms with Gasteiger partial charge >= 0.3 is 0 Å². The summed E-state index contributed by atoms with van der Waals surface area (Å²) in [6, 6.07) is 17.8. The second kappa shape index (κ2) is 7.13. The lowest BCUT2D eigenvalue weighted by Gasteiger charge is -2.08. The van der Waals surface area contributed by atoms with Crippen LogP contribution in [0.1, 0.15) is 6.42 Å². The highest BCUT2D eigenvalue weighted by Gasteiger charge is 2.04. The molecule has 0 unspecified atom stereocenters. The first-order chi connectivity index (χ1) is 12.4. The van der Waals surface area contributed by atoms with E-state index < -0.39 is 0 Å². The van der Waals surface area contributed by atoms with Crippen molar-refractivity contribution in [1.82, 2.24) is 19.7 Å². The topological polar surface area (TPSA) is 52.8 Å². The Morgan fingerprint density at radius 1 is 0.960 bits per heavy atom. The van der Waals surface area contributed by atoms with Crippen LogP contribution in [0.2, 0.25) is 0 Å². The van der Waals surface area contributed by atoms with Crippen LogP contribution in [0, 0.1) is 0 Å². The van der Waals surface area contributed by atoms with Crippen LogP contribution in [0.5, 0.6) is 5.75 Å². The van der Waals surface area contributed by atoms with Gasteiger partial charge in [0.05, 0.1) is 29.5 Å². The zero-order valence-electron chi connectivity index (χ0n) is 13.7. The molecule has 0 N–H and O–H groups in total. The van der Waals surface area contributed by atoms with Crippen LogP contribution < -0.4 is 4.74 Å². The normalized spacial score (nSPS) is 10.9. The van der Waals surface area contributed by atoms with Crippen molar-refractivity contribution in [2.24, 2.45) is 0 Å². The van der Waals surface area contributed by atoms with Crippen LogP contribution in [0.4, 0.5) is 0 Å². The predicted molar refractivity (Wildman–Crippen MR) is 97.3 cm³/mol. The number of aryl methyl sites for hydroxylation is 1. The van der Waals surface area contributed by atoms with E-state index in [9.17, 15) is 0 Å². The molecule has 5 heteroatoms. The van der Waals surface area contributed by atoms with Crippen LogP contribution in [-0.4, -0.2) is 26.4 Å². The van der Waals surface area contributed by atoms with E-state index in [4.69, 9.17) is 4.74 Å². The third kappa shape index (κ3) is 3.66. The number of fused-ring (bicyclic) bond motifs is 1. The maximum Gasteiger partial charge on any atom is 0.119 e. The van der Waals surface area contributed by atoms with Gasteiger partial charge in [-0.2, -0.15) is 5.10 Å². The van der Waals surface area contributed by atoms with Crippen molar-refractivity contribution in [1.29, 1.82) is 0 Å². The van der Waals surface area contributed by atoms with Crippen molar-refractivity contribution < 1.29 is 4.74 Å². The second-order valence-electron chi connectivity index (χ2n) is 5.74. The van der Waals surface area contributed by atoms with Crippen molar-refractivity contribution in [3.05, 3.63) is 73.2 Å². The zero-order chi connectivity index (χ0) is 16.9. The fourth-order valence-electron chi connectivity index (χ4n) is 2.69. The quantitative estimate of drug-likeness (QED) is 0.502. The van der Waals surface area contributed by atoms with Gasteiger partial charge in [0.2, 0.25) is 0 Å². The highest BCUT2D eigenvalue weighted by Crippen LogP contribution is 2.23. The molecule has 0 atom stereocenters. The Kier molecular flexibility index (Phi) is 4.37. The number of para-hydroxylation sites is 2. The maximum absolute atomic E-state index is 5.86. The van der Waals surface area contributed by atoms with E-state index in [0.29, 0.717) is 6.61 Å². The lowest BCUT2D eigenvalue weighted by Crippen LogP contribution is -2.04. The molecular formula is C20H18N4O. The van der Waals surface area contributed by atoms with Gasteiger partial charge in [-0.15, -0.1) is 0 Å². The van der Waals surface area contributed by atoms with E-state index in [1.807, 2.05) is 65.5 Å². The Labute approximate surface area is 145 Å². The molecule has 2 aromatic heterocycles. The summed E-state index contributed by atoms with van der Waals surface area (Å²) in [6.07, 6.45) is 6.45. The van der Waals surface area contributed by atoms with Gasteiger partial charge in [-0.25, -0.2) is 4.98 Å². The molecule has 0 bridgehead atoms. The summed E-state index contributed by atoms with van der Waals surface area (Å²) in [7, 11) is 0. The monoisotopic (exact) mass is 330 g/mol. The van der Waals surface area contributed by atoms with Crippen molar-refractivity contribution in [2.75, 3.05) is 6.61 Å². The van der Waals surface area contributed by atoms with Crippen LogP contribution in [-0.2, 0) is 6.54 Å². The molecule has 4 aromatic rings. The average Bonchev–Trinajstić information content (AvgIpc) is 3.19. The van der Waals surface area contributed by atoms with Crippen LogP contribution in [0.25, 0.3) is 22.3 Å². The molecule has 0 aliphatic rings. The molecular weight excluding hydrogens is 312 g/mol. The summed E-state index contributed by atoms with van der Waals surface area (Å²) in [5.74, 6) is 0.841. The first-order valence-corrected chi connectivity index (χ1v) is 8.31. The Hall–Kier alpha value is -3.21. The van der Waals surface area contributed by atoms with Crippen LogP contribution in [0.15, 0.2) is 73.2 Å². The minimum absolute atomic E-state index is 0.646. The zero-order valence-corrected chi connectivity index (χ0v) is 13.7. The molecule has 0 aliphatic carbocycles. The molecule has 25 heavy (non-hydrogen) atoms. The fraction of sp³-hybridized carbons (Fsp3) is 0.150. The van der Waals surface area contributed by atoms with Gasteiger partial charge in [0.25, 0.3) is 0 Å². The Morgan fingerprint density at radius 2 is 1.88 bits per heavy atom. The summed E-state index contributed by atoms with van der Waals surface area (Å²) >= 11 is 0. The van der Waals surface area contributed by atoms with Crippen molar-refractivity contribution >= 4 is 11.0 Å². The van der Waals surface area contributed by atoms with Crippen LogP contribution in [0.3, 0.4) is 0 Å². The number of ether oxygens (including phenoxy) is 1. The standard InChI is InChI=1S/C20H18N4O/c1-2-9-19-18(8-1)21-15-20(23-19)16-6-3-7-17(14-16)25-13-5-12-24-11-4-10-22-24/h1-4,6-11,14-15H,5,12-13H2. The summed E-state index contributed by atoms with van der Waals surface area (Å²) in [5.41, 5.74) is 3.64. The fourth-order valence-corrected chi connectivity index (χ4v) is 2.69. The number of hydrogen-bond acceptors (Lipinski definition) is 4. The third-order valence-electron chi connectivity index (χ3n) is 3.94. The number of hydrogen-bond donors (Lipinski definition) is 0. The molecule has 124 valence electrons. The van der Waals surface area contributed by atoms with Gasteiger partial charge in [0.1, 0.15) is 5.75 Å². The molecule has 4 rings (SSSR count). The van der Waals surface area contributed by atoms with Gasteiger partial charge in [-0.3, -0.25) is 9.67 Å². The predicted octanol–water partition coefficient (Wildman–Crippen LogP) is 3.96. The maximum atomic E-state index is 5.86. The highest BCUT2D eigenvalue weighted by atomic mass is 16.5. The molecule has 0 saturated heterocycles. The van der Waals surface area contributed by atoms with Gasteiger partial charge in [0.15, 0.2) is 0 Å². The number of aromatic nitrogens is 4. The van der Waals surface area contributed by atoms with Crippen molar-refractivity contribution in [3.8, 4) is 17.0 Å². The Balaban J connectivity index is 1.44. The van der Waals surface area contributed by atoms with Gasteiger partial charge in [-0.05, 0) is 30.3 Å². The smallest absolute Gasteiger partial charge is 0.119 e. The van der Waals surface area contributed by atoms with E-state index in [2.05, 4.69) is 15.1 Å². The van der Waals surface area contributed by atoms with E-state index in [1.54, 1.807) is 12.4 Å². The lowest BCUT2D eigenvalue weighted by molar-refractivity contribution is 0.299. The Morgan fingerprint density at radius 3 is 2.76 bits per heavy atom. The Bertz CT molecular complexity index is 966. The molecule has 0 radical (unpaired) electrons. The van der Waals surface area contributed by atoms with Crippen molar-refractivity contribution in [3.63, 3.8) is 0 Å². The number of benzene rings is 2. The molecule has 0 saturated carbocycles. The van der Waals surface area contributed by atoms with E-state index in [-0.39, 0.29) is 0 Å². The summed E-state index contributed by atoms with van der Waals surface area (Å²) < 4.78 is 7.77. The van der Waals surface area contributed by atoms with E-state index in [1.165, 1.54) is 0 Å². The number of nitrogens with zero attached hydrogens (tertiary/aromatic N) is 4. The molecule has 0 fully saturated rings. The first kappa shape index (κ1) is 15.3. The molecule has 2 aromatic carbocycles. The molecule has 0 amide bonds. The largest absolute Gasteiger partial charge is 0.494 e. The lowest BCUT2D eigenvalue weighted by atomic mass is 10.1. The highest BCUT2D eigenvalue weighted by molar-refractivity contribution is 5.77. The van der Waals surface area contributed by atoms with Crippen LogP contribution >= 0.6 is 0 Å². The average molecular weight is 330 g/mol. The van der Waals surface area contributed by atoms with E-state index >= 15 is 0 Å². The SMILES string of the molecule is c1cc(OCCCn2cccn2)cc(-c2cnc3ccccc3n2)c1. The molecule has 5 nitrogen and oxygen atoms in total. The van der Waals surface area contributed by atoms with Crippen molar-refractivity contribution in [2.45, 2.75) is 13.0 Å². The minimum Gasteiger partial charge on any atom is -0.494 e. The summed E-state index contributed by atoms with van der Waals surface area (Å²) in [5, 5.41) is 4.19. The minimum atomic E-state index is 0.646. The summed E-state index contributed by atoms with van der Waals surface area (Å²) in [6.45, 7) is 1.50.